The van der Waals surface area contributed by atoms with Gasteiger partial charge in [0.05, 0.1) is 6.54 Å². The summed E-state index contributed by atoms with van der Waals surface area (Å²) in [6.45, 7) is 3.71. The molecule has 0 saturated carbocycles. The van der Waals surface area contributed by atoms with Gasteiger partial charge in [-0.15, -0.1) is 4.68 Å². The van der Waals surface area contributed by atoms with Crippen molar-refractivity contribution in [2.75, 3.05) is 0 Å². The van der Waals surface area contributed by atoms with Crippen LogP contribution in [-0.2, 0) is 13.1 Å². The molecule has 3 nitrogen and oxygen atoms in total. The van der Waals surface area contributed by atoms with Crippen molar-refractivity contribution in [1.29, 1.82) is 0 Å². The van der Waals surface area contributed by atoms with E-state index in [1.165, 1.54) is 16.7 Å². The van der Waals surface area contributed by atoms with Crippen LogP contribution in [0.4, 0.5) is 0 Å². The average Bonchev–Trinajstić information content (AvgIpc) is 2.91. The molecule has 3 aromatic rings. The van der Waals surface area contributed by atoms with Gasteiger partial charge in [-0.3, -0.25) is 0 Å². The smallest absolute Gasteiger partial charge is 0.233 e. The van der Waals surface area contributed by atoms with Crippen molar-refractivity contribution in [3.05, 3.63) is 82.9 Å². The largest absolute Gasteiger partial charge is 0.265 e. The second-order valence-electron chi connectivity index (χ2n) is 5.17. The summed E-state index contributed by atoms with van der Waals surface area (Å²) < 4.78 is 4.03. The minimum atomic E-state index is 0.763. The highest BCUT2D eigenvalue weighted by atomic mass is 35.5. The second kappa shape index (κ2) is 6.10. The molecule has 0 spiro atoms. The molecular formula is C17H17ClN3+. The number of rotatable bonds is 4. The van der Waals surface area contributed by atoms with Crippen LogP contribution < -0.4 is 4.57 Å². The Morgan fingerprint density at radius 2 is 1.86 bits per heavy atom. The van der Waals surface area contributed by atoms with Crippen LogP contribution in [0.25, 0.3) is 0 Å². The Morgan fingerprint density at radius 1 is 1.10 bits per heavy atom. The van der Waals surface area contributed by atoms with Gasteiger partial charge >= 0.3 is 0 Å². The number of benzene rings is 2. The predicted molar refractivity (Wildman–Crippen MR) is 83.3 cm³/mol. The molecule has 3 rings (SSSR count). The van der Waals surface area contributed by atoms with E-state index >= 15 is 0 Å². The van der Waals surface area contributed by atoms with E-state index in [-0.39, 0.29) is 0 Å². The van der Waals surface area contributed by atoms with Crippen LogP contribution in [0.15, 0.2) is 61.2 Å². The predicted octanol–water partition coefficient (Wildman–Crippen LogP) is 3.23. The Kier molecular flexibility index (Phi) is 4.02. The van der Waals surface area contributed by atoms with Crippen LogP contribution in [0.1, 0.15) is 16.7 Å². The average molecular weight is 299 g/mol. The maximum atomic E-state index is 5.90. The third-order valence-electron chi connectivity index (χ3n) is 3.50. The van der Waals surface area contributed by atoms with E-state index in [2.05, 4.69) is 40.9 Å². The zero-order valence-corrected chi connectivity index (χ0v) is 12.7. The maximum absolute atomic E-state index is 5.90. The van der Waals surface area contributed by atoms with E-state index in [9.17, 15) is 0 Å². The highest BCUT2D eigenvalue weighted by Gasteiger charge is 2.08. The monoisotopic (exact) mass is 298 g/mol. The standard InChI is InChI=1S/C17H17ClN3/c1-14-4-2-3-5-16(14)11-21-13-20(12-19-21)10-15-6-8-17(18)9-7-15/h2-9,12-13H,10-11H2,1H3/q+1. The van der Waals surface area contributed by atoms with Crippen LogP contribution >= 0.6 is 11.6 Å². The summed E-state index contributed by atoms with van der Waals surface area (Å²) >= 11 is 5.90. The van der Waals surface area contributed by atoms with E-state index in [0.29, 0.717) is 0 Å². The van der Waals surface area contributed by atoms with Gasteiger partial charge < -0.3 is 0 Å². The van der Waals surface area contributed by atoms with Gasteiger partial charge in [0.25, 0.3) is 6.33 Å². The number of aryl methyl sites for hydroxylation is 1. The van der Waals surface area contributed by atoms with E-state index in [1.54, 1.807) is 0 Å². The Labute approximate surface area is 129 Å². The summed E-state index contributed by atoms with van der Waals surface area (Å²) in [6.07, 6.45) is 3.88. The van der Waals surface area contributed by atoms with Crippen LogP contribution in [0, 0.1) is 6.92 Å². The number of aromatic nitrogens is 3. The lowest BCUT2D eigenvalue weighted by Gasteiger charge is -2.01. The SMILES string of the molecule is Cc1ccccc1Cn1c[n+](Cc2ccc(Cl)cc2)cn1. The first-order valence-corrected chi connectivity index (χ1v) is 7.29. The molecule has 1 aromatic heterocycles. The molecular weight excluding hydrogens is 282 g/mol. The molecule has 0 unspecified atom stereocenters. The van der Waals surface area contributed by atoms with Gasteiger partial charge in [0, 0.05) is 10.1 Å². The molecule has 0 radical (unpaired) electrons. The topological polar surface area (TPSA) is 21.7 Å². The first-order chi connectivity index (χ1) is 10.2. The first kappa shape index (κ1) is 13.8. The molecule has 0 aliphatic heterocycles. The lowest BCUT2D eigenvalue weighted by atomic mass is 10.1. The molecule has 1 heterocycles. The Hall–Kier alpha value is -2.13. The molecule has 0 fully saturated rings. The van der Waals surface area contributed by atoms with Crippen LogP contribution in [-0.4, -0.2) is 9.78 Å². The van der Waals surface area contributed by atoms with Crippen molar-refractivity contribution in [2.24, 2.45) is 0 Å². The van der Waals surface area contributed by atoms with Crippen LogP contribution in [0.2, 0.25) is 5.02 Å². The van der Waals surface area contributed by atoms with Crippen LogP contribution in [0.3, 0.4) is 0 Å². The summed E-state index contributed by atoms with van der Waals surface area (Å²) in [7, 11) is 0. The summed E-state index contributed by atoms with van der Waals surface area (Å²) in [5.41, 5.74) is 3.79. The van der Waals surface area contributed by atoms with Gasteiger partial charge in [-0.2, -0.15) is 0 Å². The third-order valence-corrected chi connectivity index (χ3v) is 3.75. The molecule has 0 N–H and O–H groups in total. The van der Waals surface area contributed by atoms with Crippen molar-refractivity contribution in [3.63, 3.8) is 0 Å². The molecule has 106 valence electrons. The lowest BCUT2D eigenvalue weighted by molar-refractivity contribution is -0.689. The van der Waals surface area contributed by atoms with E-state index in [0.717, 1.165) is 18.1 Å². The van der Waals surface area contributed by atoms with Crippen LogP contribution in [0.5, 0.6) is 0 Å². The molecule has 0 aliphatic carbocycles. The number of halogens is 1. The number of hydrogen-bond donors (Lipinski definition) is 0. The second-order valence-corrected chi connectivity index (χ2v) is 5.61. The normalized spacial score (nSPS) is 10.8. The van der Waals surface area contributed by atoms with Crippen molar-refractivity contribution >= 4 is 11.6 Å². The molecule has 0 saturated heterocycles. The van der Waals surface area contributed by atoms with Gasteiger partial charge in [-0.25, -0.2) is 4.57 Å². The minimum absolute atomic E-state index is 0.763. The highest BCUT2D eigenvalue weighted by Crippen LogP contribution is 2.10. The summed E-state index contributed by atoms with van der Waals surface area (Å²) in [5, 5.41) is 5.18. The third kappa shape index (κ3) is 3.50. The van der Waals surface area contributed by atoms with Gasteiger partial charge in [0.15, 0.2) is 0 Å². The van der Waals surface area contributed by atoms with Gasteiger partial charge in [-0.1, -0.05) is 48.0 Å². The zero-order chi connectivity index (χ0) is 14.7. The van der Waals surface area contributed by atoms with Gasteiger partial charge in [0.2, 0.25) is 6.33 Å². The molecule has 21 heavy (non-hydrogen) atoms. The molecule has 0 bridgehead atoms. The first-order valence-electron chi connectivity index (χ1n) is 6.91. The lowest BCUT2D eigenvalue weighted by Crippen LogP contribution is -2.31. The van der Waals surface area contributed by atoms with Crippen molar-refractivity contribution in [2.45, 2.75) is 20.0 Å². The number of hydrogen-bond acceptors (Lipinski definition) is 1. The van der Waals surface area contributed by atoms with Crippen molar-refractivity contribution in [1.82, 2.24) is 9.78 Å². The Bertz CT molecular complexity index is 732. The minimum Gasteiger partial charge on any atom is -0.233 e. The van der Waals surface area contributed by atoms with E-state index in [1.807, 2.05) is 41.6 Å². The van der Waals surface area contributed by atoms with E-state index < -0.39 is 0 Å². The fourth-order valence-electron chi connectivity index (χ4n) is 2.29. The fraction of sp³-hybridized carbons (Fsp3) is 0.176. The summed E-state index contributed by atoms with van der Waals surface area (Å²) in [5.74, 6) is 0. The van der Waals surface area contributed by atoms with Gasteiger partial charge in [-0.05, 0) is 35.7 Å². The maximum Gasteiger partial charge on any atom is 0.265 e. The van der Waals surface area contributed by atoms with Crippen molar-refractivity contribution < 1.29 is 4.57 Å². The molecule has 4 heteroatoms. The fourth-order valence-corrected chi connectivity index (χ4v) is 2.42. The Balaban J connectivity index is 1.72. The van der Waals surface area contributed by atoms with Crippen molar-refractivity contribution in [3.8, 4) is 0 Å². The Morgan fingerprint density at radius 3 is 2.62 bits per heavy atom. The number of nitrogens with zero attached hydrogens (tertiary/aromatic N) is 3. The summed E-state index contributed by atoms with van der Waals surface area (Å²) in [4.78, 5) is 0. The van der Waals surface area contributed by atoms with E-state index in [4.69, 9.17) is 11.6 Å². The summed E-state index contributed by atoms with van der Waals surface area (Å²) in [6, 6.07) is 16.3. The molecule has 0 atom stereocenters. The molecule has 0 amide bonds. The molecule has 0 aliphatic rings. The zero-order valence-electron chi connectivity index (χ0n) is 11.9. The van der Waals surface area contributed by atoms with Gasteiger partial charge in [0.1, 0.15) is 6.54 Å². The highest BCUT2D eigenvalue weighted by molar-refractivity contribution is 6.30. The quantitative estimate of drug-likeness (QED) is 0.678. The molecule has 2 aromatic carbocycles.